The summed E-state index contributed by atoms with van der Waals surface area (Å²) in [5.74, 6) is 0.914. The molecule has 2 rings (SSSR count). The first-order valence-corrected chi connectivity index (χ1v) is 8.13. The molecule has 0 bridgehead atoms. The Balaban J connectivity index is 2.04. The lowest BCUT2D eigenvalue weighted by atomic mass is 9.99. The minimum Gasteiger partial charge on any atom is -0.494 e. The molecule has 1 fully saturated rings. The summed E-state index contributed by atoms with van der Waals surface area (Å²) in [7, 11) is 0. The number of hydrogen-bond acceptors (Lipinski definition) is 4. The molecule has 0 aromatic heterocycles. The Hall–Kier alpha value is -1.10. The fraction of sp³-hybridized carbons (Fsp3) is 0.647. The number of rotatable bonds is 6. The van der Waals surface area contributed by atoms with Crippen molar-refractivity contribution in [3.05, 3.63) is 29.8 Å². The molecule has 1 saturated heterocycles. The molecular formula is C17H29N3O. The van der Waals surface area contributed by atoms with E-state index in [4.69, 9.17) is 10.5 Å². The monoisotopic (exact) mass is 291 g/mol. The van der Waals surface area contributed by atoms with Crippen LogP contribution in [0.1, 0.15) is 51.6 Å². The Labute approximate surface area is 128 Å². The quantitative estimate of drug-likeness (QED) is 0.846. The molecule has 1 heterocycles. The van der Waals surface area contributed by atoms with Crippen molar-refractivity contribution in [3.8, 4) is 5.75 Å². The van der Waals surface area contributed by atoms with Crippen LogP contribution in [0.4, 0.5) is 0 Å². The van der Waals surface area contributed by atoms with Crippen molar-refractivity contribution in [1.29, 1.82) is 0 Å². The highest BCUT2D eigenvalue weighted by atomic mass is 16.5. The second-order valence-electron chi connectivity index (χ2n) is 5.96. The van der Waals surface area contributed by atoms with E-state index in [-0.39, 0.29) is 6.04 Å². The average molecular weight is 291 g/mol. The van der Waals surface area contributed by atoms with Gasteiger partial charge >= 0.3 is 0 Å². The molecule has 0 radical (unpaired) electrons. The molecule has 1 aliphatic heterocycles. The number of piperidine rings is 1. The highest BCUT2D eigenvalue weighted by molar-refractivity contribution is 5.29. The van der Waals surface area contributed by atoms with Crippen molar-refractivity contribution < 1.29 is 4.74 Å². The maximum Gasteiger partial charge on any atom is 0.119 e. The van der Waals surface area contributed by atoms with Crippen LogP contribution in [0.3, 0.4) is 0 Å². The lowest BCUT2D eigenvalue weighted by Gasteiger charge is -2.41. The van der Waals surface area contributed by atoms with Gasteiger partial charge in [-0.15, -0.1) is 0 Å². The number of hydrazine groups is 1. The number of nitrogens with one attached hydrogen (secondary N) is 1. The zero-order chi connectivity index (χ0) is 15.2. The van der Waals surface area contributed by atoms with Gasteiger partial charge in [0.15, 0.2) is 0 Å². The lowest BCUT2D eigenvalue weighted by molar-refractivity contribution is 0.0304. The Morgan fingerprint density at radius 1 is 1.24 bits per heavy atom. The maximum absolute atomic E-state index is 5.99. The number of nitrogens with two attached hydrogens (primary N) is 1. The smallest absolute Gasteiger partial charge is 0.119 e. The zero-order valence-electron chi connectivity index (χ0n) is 13.5. The van der Waals surface area contributed by atoms with Crippen LogP contribution in [0.25, 0.3) is 0 Å². The maximum atomic E-state index is 5.99. The summed E-state index contributed by atoms with van der Waals surface area (Å²) in [5, 5.41) is 2.39. The van der Waals surface area contributed by atoms with Crippen molar-refractivity contribution >= 4 is 0 Å². The molecule has 118 valence electrons. The fourth-order valence-corrected chi connectivity index (χ4v) is 3.08. The van der Waals surface area contributed by atoms with E-state index in [1.165, 1.54) is 24.8 Å². The van der Waals surface area contributed by atoms with Gasteiger partial charge in [0.25, 0.3) is 0 Å². The van der Waals surface area contributed by atoms with Crippen LogP contribution in [0.2, 0.25) is 0 Å². The predicted octanol–water partition coefficient (Wildman–Crippen LogP) is 2.85. The summed E-state index contributed by atoms with van der Waals surface area (Å²) in [5.41, 5.74) is 10.8. The molecular weight excluding hydrogens is 262 g/mol. The average Bonchev–Trinajstić information content (AvgIpc) is 2.49. The molecule has 4 nitrogen and oxygen atoms in total. The summed E-state index contributed by atoms with van der Waals surface area (Å²) in [6.45, 7) is 7.85. The molecule has 1 aliphatic rings. The van der Waals surface area contributed by atoms with E-state index in [2.05, 4.69) is 36.4 Å². The second-order valence-corrected chi connectivity index (χ2v) is 5.96. The predicted molar refractivity (Wildman–Crippen MR) is 87.2 cm³/mol. The minimum atomic E-state index is 0.156. The number of ether oxygens (including phenoxy) is 1. The Kier molecular flexibility index (Phi) is 6.03. The van der Waals surface area contributed by atoms with Gasteiger partial charge in [-0.05, 0) is 51.3 Å². The van der Waals surface area contributed by atoms with Crippen LogP contribution >= 0.6 is 0 Å². The second kappa shape index (κ2) is 7.78. The topological polar surface area (TPSA) is 50.5 Å². The first-order chi connectivity index (χ1) is 10.2. The summed E-state index contributed by atoms with van der Waals surface area (Å²) < 4.78 is 5.50. The van der Waals surface area contributed by atoms with Crippen LogP contribution in [0.5, 0.6) is 5.75 Å². The molecule has 1 aromatic carbocycles. The van der Waals surface area contributed by atoms with Crippen LogP contribution in [-0.2, 0) is 0 Å². The first kappa shape index (κ1) is 16.3. The van der Waals surface area contributed by atoms with E-state index in [0.29, 0.717) is 25.2 Å². The fourth-order valence-electron chi connectivity index (χ4n) is 3.08. The minimum absolute atomic E-state index is 0.156. The van der Waals surface area contributed by atoms with Crippen molar-refractivity contribution in [1.82, 2.24) is 10.4 Å². The van der Waals surface area contributed by atoms with E-state index in [1.807, 2.05) is 19.1 Å². The van der Waals surface area contributed by atoms with Crippen LogP contribution < -0.4 is 15.9 Å². The normalized spacial score (nSPS) is 24.8. The van der Waals surface area contributed by atoms with Crippen LogP contribution in [0, 0.1) is 0 Å². The van der Waals surface area contributed by atoms with E-state index < -0.39 is 0 Å². The third-order valence-electron chi connectivity index (χ3n) is 4.33. The van der Waals surface area contributed by atoms with Gasteiger partial charge in [-0.25, -0.2) is 10.4 Å². The SMILES string of the molecule is CCOc1ccc(C(CN)NN2C(C)CCCC2C)cc1. The van der Waals surface area contributed by atoms with Gasteiger partial charge in [0, 0.05) is 18.6 Å². The van der Waals surface area contributed by atoms with Gasteiger partial charge in [-0.3, -0.25) is 0 Å². The van der Waals surface area contributed by atoms with Gasteiger partial charge in [0.2, 0.25) is 0 Å². The third-order valence-corrected chi connectivity index (χ3v) is 4.33. The van der Waals surface area contributed by atoms with Crippen LogP contribution in [0.15, 0.2) is 24.3 Å². The largest absolute Gasteiger partial charge is 0.494 e. The molecule has 4 heteroatoms. The van der Waals surface area contributed by atoms with Crippen molar-refractivity contribution in [2.24, 2.45) is 5.73 Å². The third kappa shape index (κ3) is 4.19. The molecule has 3 atom stereocenters. The molecule has 1 aromatic rings. The van der Waals surface area contributed by atoms with Gasteiger partial charge in [0.05, 0.1) is 12.6 Å². The summed E-state index contributed by atoms with van der Waals surface area (Å²) in [6.07, 6.45) is 3.81. The Morgan fingerprint density at radius 3 is 2.38 bits per heavy atom. The summed E-state index contributed by atoms with van der Waals surface area (Å²) in [4.78, 5) is 0. The van der Waals surface area contributed by atoms with Crippen molar-refractivity contribution in [2.75, 3.05) is 13.2 Å². The van der Waals surface area contributed by atoms with Crippen molar-refractivity contribution in [3.63, 3.8) is 0 Å². The Bertz CT molecular complexity index is 411. The van der Waals surface area contributed by atoms with Crippen molar-refractivity contribution in [2.45, 2.75) is 58.2 Å². The van der Waals surface area contributed by atoms with Gasteiger partial charge in [0.1, 0.15) is 5.75 Å². The lowest BCUT2D eigenvalue weighted by Crippen LogP contribution is -2.54. The first-order valence-electron chi connectivity index (χ1n) is 8.13. The number of hydrogen-bond donors (Lipinski definition) is 2. The molecule has 0 aliphatic carbocycles. The van der Waals surface area contributed by atoms with Gasteiger partial charge < -0.3 is 10.5 Å². The highest BCUT2D eigenvalue weighted by Gasteiger charge is 2.26. The standard InChI is InChI=1S/C17H29N3O/c1-4-21-16-10-8-15(9-11-16)17(12-18)19-20-13(2)6-5-7-14(20)3/h8-11,13-14,17,19H,4-7,12,18H2,1-3H3. The zero-order valence-corrected chi connectivity index (χ0v) is 13.5. The molecule has 0 saturated carbocycles. The molecule has 3 N–H and O–H groups in total. The highest BCUT2D eigenvalue weighted by Crippen LogP contribution is 2.24. The molecule has 21 heavy (non-hydrogen) atoms. The van der Waals surface area contributed by atoms with E-state index in [1.54, 1.807) is 0 Å². The van der Waals surface area contributed by atoms with Crippen LogP contribution in [-0.4, -0.2) is 30.2 Å². The van der Waals surface area contributed by atoms with Gasteiger partial charge in [-0.1, -0.05) is 18.6 Å². The molecule has 3 unspecified atom stereocenters. The Morgan fingerprint density at radius 2 is 1.86 bits per heavy atom. The van der Waals surface area contributed by atoms with E-state index in [9.17, 15) is 0 Å². The van der Waals surface area contributed by atoms with E-state index >= 15 is 0 Å². The molecule has 0 amide bonds. The molecule has 0 spiro atoms. The summed E-state index contributed by atoms with van der Waals surface area (Å²) >= 11 is 0. The summed E-state index contributed by atoms with van der Waals surface area (Å²) in [6, 6.07) is 9.53. The van der Waals surface area contributed by atoms with Gasteiger partial charge in [-0.2, -0.15) is 0 Å². The van der Waals surface area contributed by atoms with E-state index in [0.717, 1.165) is 5.75 Å². The number of nitrogens with zero attached hydrogens (tertiary/aromatic N) is 1. The number of benzene rings is 1.